The average Bonchev–Trinajstić information content (AvgIpc) is 3.20. The molecule has 2 aliphatic rings. The van der Waals surface area contributed by atoms with E-state index in [1.54, 1.807) is 29.2 Å². The fraction of sp³-hybridized carbons (Fsp3) is 0.467. The molecule has 2 saturated heterocycles. The Kier molecular flexibility index (Phi) is 9.79. The maximum atomic E-state index is 13.3. The molecule has 38 heavy (non-hydrogen) atoms. The van der Waals surface area contributed by atoms with Crippen LogP contribution in [0.4, 0.5) is 0 Å². The molecule has 8 nitrogen and oxygen atoms in total. The number of likely N-dealkylation sites (tertiary alicyclic amines) is 1. The number of carbonyl (C=O) groups excluding carboxylic acids is 2. The fourth-order valence-corrected chi connectivity index (χ4v) is 4.85. The van der Waals surface area contributed by atoms with Gasteiger partial charge in [0, 0.05) is 31.7 Å². The van der Waals surface area contributed by atoms with Gasteiger partial charge in [-0.15, -0.1) is 0 Å². The number of carbonyl (C=O) groups is 2. The first-order valence-corrected chi connectivity index (χ1v) is 13.6. The van der Waals surface area contributed by atoms with E-state index in [-0.39, 0.29) is 11.3 Å². The molecule has 0 radical (unpaired) electrons. The summed E-state index contributed by atoms with van der Waals surface area (Å²) in [6.07, 6.45) is 3.22. The first-order chi connectivity index (χ1) is 18.5. The molecule has 4 rings (SSSR count). The minimum absolute atomic E-state index is 0.0951. The second-order valence-corrected chi connectivity index (χ2v) is 9.53. The summed E-state index contributed by atoms with van der Waals surface area (Å²) >= 11 is 0. The van der Waals surface area contributed by atoms with Crippen molar-refractivity contribution in [3.63, 3.8) is 0 Å². The van der Waals surface area contributed by atoms with Crippen LogP contribution >= 0.6 is 0 Å². The van der Waals surface area contributed by atoms with E-state index < -0.39 is 17.7 Å². The number of ether oxygens (including phenoxy) is 3. The van der Waals surface area contributed by atoms with Crippen molar-refractivity contribution in [2.75, 3.05) is 52.6 Å². The van der Waals surface area contributed by atoms with Crippen LogP contribution in [0.2, 0.25) is 0 Å². The SMILES string of the molecule is CCCCCOc1ccc(C2C(=C(O)c3ccc(OCC)cc3)C(=O)C(=O)N2CCN2CCOCC2)cc1. The van der Waals surface area contributed by atoms with E-state index in [1.165, 1.54) is 0 Å². The lowest BCUT2D eigenvalue weighted by molar-refractivity contribution is -0.140. The summed E-state index contributed by atoms with van der Waals surface area (Å²) < 4.78 is 16.8. The summed E-state index contributed by atoms with van der Waals surface area (Å²) in [5, 5.41) is 11.3. The van der Waals surface area contributed by atoms with Crippen LogP contribution < -0.4 is 9.47 Å². The standard InChI is InChI=1S/C30H38N2O6/c1-3-5-6-19-38-25-11-7-22(8-12-25)27-26(28(33)23-9-13-24(14-10-23)37-4-2)29(34)30(35)32(27)16-15-31-17-20-36-21-18-31/h7-14,27,33H,3-6,15-21H2,1-2H3. The van der Waals surface area contributed by atoms with Crippen molar-refractivity contribution in [3.05, 3.63) is 65.2 Å². The van der Waals surface area contributed by atoms with Crippen molar-refractivity contribution >= 4 is 17.4 Å². The number of aliphatic hydroxyl groups excluding tert-OH is 1. The fourth-order valence-electron chi connectivity index (χ4n) is 4.85. The van der Waals surface area contributed by atoms with Gasteiger partial charge in [0.2, 0.25) is 0 Å². The zero-order valence-corrected chi connectivity index (χ0v) is 22.4. The van der Waals surface area contributed by atoms with Crippen molar-refractivity contribution in [1.82, 2.24) is 9.80 Å². The minimum Gasteiger partial charge on any atom is -0.507 e. The smallest absolute Gasteiger partial charge is 0.295 e. The van der Waals surface area contributed by atoms with Gasteiger partial charge < -0.3 is 24.2 Å². The predicted molar refractivity (Wildman–Crippen MR) is 145 cm³/mol. The van der Waals surface area contributed by atoms with Crippen LogP contribution in [0.1, 0.15) is 50.3 Å². The summed E-state index contributed by atoms with van der Waals surface area (Å²) in [7, 11) is 0. The van der Waals surface area contributed by atoms with E-state index in [0.29, 0.717) is 50.8 Å². The van der Waals surface area contributed by atoms with Gasteiger partial charge in [0.15, 0.2) is 0 Å². The highest BCUT2D eigenvalue weighted by Crippen LogP contribution is 2.40. The second kappa shape index (κ2) is 13.4. The van der Waals surface area contributed by atoms with E-state index in [0.717, 1.165) is 43.7 Å². The number of hydrogen-bond acceptors (Lipinski definition) is 7. The molecule has 0 spiro atoms. The topological polar surface area (TPSA) is 88.5 Å². The number of ketones is 1. The molecule has 1 atom stereocenters. The Bertz CT molecular complexity index is 1110. The Hall–Kier alpha value is -3.36. The number of aliphatic hydroxyl groups is 1. The first kappa shape index (κ1) is 27.7. The first-order valence-electron chi connectivity index (χ1n) is 13.6. The van der Waals surface area contributed by atoms with Crippen LogP contribution in [-0.2, 0) is 14.3 Å². The van der Waals surface area contributed by atoms with Gasteiger partial charge in [0.25, 0.3) is 11.7 Å². The zero-order valence-electron chi connectivity index (χ0n) is 22.4. The molecule has 1 unspecified atom stereocenters. The van der Waals surface area contributed by atoms with Crippen LogP contribution in [-0.4, -0.2) is 79.2 Å². The predicted octanol–water partition coefficient (Wildman–Crippen LogP) is 4.41. The third-order valence-corrected chi connectivity index (χ3v) is 6.95. The summed E-state index contributed by atoms with van der Waals surface area (Å²) in [4.78, 5) is 30.4. The number of benzene rings is 2. The summed E-state index contributed by atoms with van der Waals surface area (Å²) in [6, 6.07) is 13.7. The quantitative estimate of drug-likeness (QED) is 0.191. The van der Waals surface area contributed by atoms with Gasteiger partial charge in [0.1, 0.15) is 17.3 Å². The van der Waals surface area contributed by atoms with Gasteiger partial charge in [-0.05, 0) is 55.3 Å². The third kappa shape index (κ3) is 6.55. The molecule has 2 aromatic rings. The van der Waals surface area contributed by atoms with Gasteiger partial charge in [-0.25, -0.2) is 0 Å². The number of nitrogens with zero attached hydrogens (tertiary/aromatic N) is 2. The van der Waals surface area contributed by atoms with E-state index in [9.17, 15) is 14.7 Å². The van der Waals surface area contributed by atoms with Gasteiger partial charge in [0.05, 0.1) is 38.0 Å². The van der Waals surface area contributed by atoms with Crippen molar-refractivity contribution in [2.45, 2.75) is 39.2 Å². The molecule has 2 aliphatic heterocycles. The van der Waals surface area contributed by atoms with Crippen molar-refractivity contribution < 1.29 is 28.9 Å². The Labute approximate surface area is 224 Å². The molecule has 0 aromatic heterocycles. The maximum Gasteiger partial charge on any atom is 0.295 e. The zero-order chi connectivity index (χ0) is 26.9. The Balaban J connectivity index is 1.64. The Morgan fingerprint density at radius 2 is 1.58 bits per heavy atom. The lowest BCUT2D eigenvalue weighted by Gasteiger charge is -2.31. The number of morpholine rings is 1. The van der Waals surface area contributed by atoms with Crippen molar-refractivity contribution in [2.24, 2.45) is 0 Å². The van der Waals surface area contributed by atoms with Crippen molar-refractivity contribution in [3.8, 4) is 11.5 Å². The van der Waals surface area contributed by atoms with Crippen molar-refractivity contribution in [1.29, 1.82) is 0 Å². The third-order valence-electron chi connectivity index (χ3n) is 6.95. The highest BCUT2D eigenvalue weighted by Gasteiger charge is 2.46. The highest BCUT2D eigenvalue weighted by atomic mass is 16.5. The maximum absolute atomic E-state index is 13.3. The second-order valence-electron chi connectivity index (χ2n) is 9.53. The Morgan fingerprint density at radius 3 is 2.24 bits per heavy atom. The highest BCUT2D eigenvalue weighted by molar-refractivity contribution is 6.46. The number of hydrogen-bond donors (Lipinski definition) is 1. The van der Waals surface area contributed by atoms with Gasteiger partial charge in [-0.1, -0.05) is 31.9 Å². The van der Waals surface area contributed by atoms with Crippen LogP contribution in [0, 0.1) is 0 Å². The number of amides is 1. The molecule has 1 N–H and O–H groups in total. The monoisotopic (exact) mass is 522 g/mol. The largest absolute Gasteiger partial charge is 0.507 e. The van der Waals surface area contributed by atoms with Crippen LogP contribution in [0.15, 0.2) is 54.1 Å². The summed E-state index contributed by atoms with van der Waals surface area (Å²) in [6.45, 7) is 9.07. The van der Waals surface area contributed by atoms with E-state index in [1.807, 2.05) is 31.2 Å². The molecule has 0 bridgehead atoms. The van der Waals surface area contributed by atoms with Crippen LogP contribution in [0.3, 0.4) is 0 Å². The molecule has 2 aromatic carbocycles. The van der Waals surface area contributed by atoms with Gasteiger partial charge >= 0.3 is 0 Å². The van der Waals surface area contributed by atoms with Gasteiger partial charge in [-0.2, -0.15) is 0 Å². The number of unbranched alkanes of at least 4 members (excludes halogenated alkanes) is 2. The molecule has 2 heterocycles. The lowest BCUT2D eigenvalue weighted by Crippen LogP contribution is -2.42. The molecular formula is C30H38N2O6. The minimum atomic E-state index is -0.697. The molecular weight excluding hydrogens is 484 g/mol. The van der Waals surface area contributed by atoms with Crippen LogP contribution in [0.5, 0.6) is 11.5 Å². The normalized spacial score (nSPS) is 19.6. The van der Waals surface area contributed by atoms with Gasteiger partial charge in [-0.3, -0.25) is 14.5 Å². The van der Waals surface area contributed by atoms with E-state index in [2.05, 4.69) is 11.8 Å². The van der Waals surface area contributed by atoms with E-state index >= 15 is 0 Å². The van der Waals surface area contributed by atoms with E-state index in [4.69, 9.17) is 14.2 Å². The molecule has 0 aliphatic carbocycles. The summed E-state index contributed by atoms with van der Waals surface area (Å²) in [5.41, 5.74) is 1.30. The molecule has 8 heteroatoms. The summed E-state index contributed by atoms with van der Waals surface area (Å²) in [5.74, 6) is -0.0632. The molecule has 0 saturated carbocycles. The number of Topliss-reactive ketones (excluding diaryl/α,β-unsaturated/α-hetero) is 1. The lowest BCUT2D eigenvalue weighted by atomic mass is 9.95. The average molecular weight is 523 g/mol. The molecule has 204 valence electrons. The number of rotatable bonds is 12. The Morgan fingerprint density at radius 1 is 0.921 bits per heavy atom. The molecule has 1 amide bonds. The molecule has 2 fully saturated rings. The van der Waals surface area contributed by atoms with Crippen LogP contribution in [0.25, 0.3) is 5.76 Å².